The summed E-state index contributed by atoms with van der Waals surface area (Å²) in [5.74, 6) is 0. The molecule has 0 fully saturated rings. The van der Waals surface area contributed by atoms with Gasteiger partial charge in [-0.15, -0.1) is 0 Å². The molecule has 0 N–H and O–H groups in total. The second kappa shape index (κ2) is 4.34. The Labute approximate surface area is 96.7 Å². The third-order valence-electron chi connectivity index (χ3n) is 3.12. The van der Waals surface area contributed by atoms with Gasteiger partial charge in [-0.05, 0) is 0 Å². The van der Waals surface area contributed by atoms with Crippen LogP contribution in [0.15, 0.2) is 4.99 Å². The van der Waals surface area contributed by atoms with Crippen LogP contribution in [0.5, 0.6) is 0 Å². The van der Waals surface area contributed by atoms with Crippen molar-refractivity contribution in [3.8, 4) is 0 Å². The molecule has 1 aromatic rings. The fraction of sp³-hybridized carbons (Fsp3) is 0.417. The third kappa shape index (κ3) is 1.80. The third-order valence-corrected chi connectivity index (χ3v) is 3.45. The van der Waals surface area contributed by atoms with Crippen LogP contribution in [0, 0.1) is 34.6 Å². The Bertz CT molecular complexity index is 397. The maximum atomic E-state index is 4.36. The molecule has 1 aromatic carbocycles. The summed E-state index contributed by atoms with van der Waals surface area (Å²) < 4.78 is 2.95. The number of aliphatic imine (C=N–C) groups is 1. The van der Waals surface area contributed by atoms with Gasteiger partial charge in [0, 0.05) is 0 Å². The molecule has 0 aromatic heterocycles. The van der Waals surface area contributed by atoms with Crippen LogP contribution in [-0.2, 0) is 19.4 Å². The van der Waals surface area contributed by atoms with Gasteiger partial charge in [0.25, 0.3) is 0 Å². The first-order chi connectivity index (χ1) is 6.50. The second-order valence-electron chi connectivity index (χ2n) is 3.68. The van der Waals surface area contributed by atoms with Gasteiger partial charge < -0.3 is 0 Å². The van der Waals surface area contributed by atoms with Crippen molar-refractivity contribution in [3.63, 3.8) is 0 Å². The number of benzene rings is 1. The van der Waals surface area contributed by atoms with Gasteiger partial charge in [0.2, 0.25) is 0 Å². The van der Waals surface area contributed by atoms with Crippen molar-refractivity contribution in [2.75, 3.05) is 0 Å². The molecule has 0 spiro atoms. The van der Waals surface area contributed by atoms with E-state index in [2.05, 4.69) is 43.8 Å². The first kappa shape index (κ1) is 11.6. The van der Waals surface area contributed by atoms with Gasteiger partial charge in [-0.3, -0.25) is 0 Å². The topological polar surface area (TPSA) is 12.4 Å². The van der Waals surface area contributed by atoms with Crippen molar-refractivity contribution in [3.05, 3.63) is 27.8 Å². The summed E-state index contributed by atoms with van der Waals surface area (Å²) in [4.78, 5) is 4.36. The Balaban J connectivity index is 3.67. The summed E-state index contributed by atoms with van der Waals surface area (Å²) in [7, 11) is 0. The minimum absolute atomic E-state index is 1.11. The van der Waals surface area contributed by atoms with Crippen LogP contribution in [-0.4, -0.2) is 4.19 Å². The molecule has 2 heteroatoms. The molecule has 14 heavy (non-hydrogen) atoms. The summed E-state index contributed by atoms with van der Waals surface area (Å²) in [5.41, 5.74) is 7.80. The first-order valence-corrected chi connectivity index (χ1v) is 6.12. The van der Waals surface area contributed by atoms with E-state index in [4.69, 9.17) is 0 Å². The molecule has 0 heterocycles. The fourth-order valence-electron chi connectivity index (χ4n) is 1.69. The van der Waals surface area contributed by atoms with E-state index in [9.17, 15) is 0 Å². The Morgan fingerprint density at radius 1 is 0.786 bits per heavy atom. The van der Waals surface area contributed by atoms with Gasteiger partial charge in [-0.2, -0.15) is 0 Å². The first-order valence-electron chi connectivity index (χ1n) is 4.65. The Morgan fingerprint density at radius 3 is 1.50 bits per heavy atom. The van der Waals surface area contributed by atoms with E-state index in [1.165, 1.54) is 47.2 Å². The molecule has 0 bridgehead atoms. The van der Waals surface area contributed by atoms with Crippen LogP contribution in [0.25, 0.3) is 0 Å². The molecule has 0 saturated heterocycles. The van der Waals surface area contributed by atoms with Crippen molar-refractivity contribution in [1.82, 2.24) is 0 Å². The van der Waals surface area contributed by atoms with Crippen LogP contribution in [0.4, 0.5) is 5.69 Å². The van der Waals surface area contributed by atoms with E-state index >= 15 is 0 Å². The summed E-state index contributed by atoms with van der Waals surface area (Å²) in [6.45, 7) is 10.8. The van der Waals surface area contributed by atoms with Gasteiger partial charge in [0.05, 0.1) is 0 Å². The zero-order valence-corrected chi connectivity index (χ0v) is 12.3. The fourth-order valence-corrected chi connectivity index (χ4v) is 2.02. The van der Waals surface area contributed by atoms with Crippen LogP contribution >= 0.6 is 0 Å². The summed E-state index contributed by atoms with van der Waals surface area (Å²) in [5, 5.41) is 0. The molecule has 0 radical (unpaired) electrons. The van der Waals surface area contributed by atoms with E-state index in [1.807, 2.05) is 0 Å². The minimum atomic E-state index is 1.11. The molecule has 0 amide bonds. The molecule has 0 aliphatic heterocycles. The number of hydrogen-bond donors (Lipinski definition) is 0. The summed E-state index contributed by atoms with van der Waals surface area (Å²) >= 11 is 1.27. The Hall–Kier alpha value is -0.512. The van der Waals surface area contributed by atoms with E-state index in [0.29, 0.717) is 0 Å². The van der Waals surface area contributed by atoms with Gasteiger partial charge in [-0.1, -0.05) is 0 Å². The van der Waals surface area contributed by atoms with E-state index in [1.54, 1.807) is 0 Å². The molecule has 1 rings (SSSR count). The van der Waals surface area contributed by atoms with Gasteiger partial charge in [0.15, 0.2) is 0 Å². The predicted molar refractivity (Wildman–Crippen MR) is 57.2 cm³/mol. The van der Waals surface area contributed by atoms with Crippen molar-refractivity contribution in [1.29, 1.82) is 0 Å². The Kier molecular flexibility index (Phi) is 3.58. The van der Waals surface area contributed by atoms with Crippen molar-refractivity contribution >= 4 is 9.88 Å². The number of hydrogen-bond acceptors (Lipinski definition) is 1. The quantitative estimate of drug-likeness (QED) is 0.684. The van der Waals surface area contributed by atoms with Crippen molar-refractivity contribution in [2.45, 2.75) is 34.6 Å². The van der Waals surface area contributed by atoms with Crippen LogP contribution in [0.2, 0.25) is 0 Å². The number of nitrogens with zero attached hydrogens (tertiary/aromatic N) is 1. The zero-order chi connectivity index (χ0) is 10.9. The molecule has 74 valence electrons. The monoisotopic (exact) mass is 357 g/mol. The summed E-state index contributed by atoms with van der Waals surface area (Å²) in [6, 6.07) is 0. The average molecular weight is 357 g/mol. The standard InChI is InChI=1S/C12H15N.W/c1-7-8(2)10(4)12(13-6)11(5)9(7)3;/h1-5H3;. The van der Waals surface area contributed by atoms with Crippen LogP contribution in [0.1, 0.15) is 27.8 Å². The van der Waals surface area contributed by atoms with E-state index in [0.717, 1.165) is 5.69 Å². The second-order valence-corrected chi connectivity index (χ2v) is 4.33. The summed E-state index contributed by atoms with van der Waals surface area (Å²) in [6.07, 6.45) is 0. The molecular formula is C12H15NW. The SMILES string of the molecule is Cc1c(C)c(C)c(N=[C]=[W])c(C)c1C. The normalized spacial score (nSPS) is 9.79. The van der Waals surface area contributed by atoms with Crippen LogP contribution < -0.4 is 0 Å². The Morgan fingerprint density at radius 2 is 1.14 bits per heavy atom. The van der Waals surface area contributed by atoms with Crippen molar-refractivity contribution < 1.29 is 19.4 Å². The number of rotatable bonds is 1. The van der Waals surface area contributed by atoms with Gasteiger partial charge in [-0.25, -0.2) is 0 Å². The average Bonchev–Trinajstić information content (AvgIpc) is 2.19. The predicted octanol–water partition coefficient (Wildman–Crippen LogP) is 3.31. The van der Waals surface area contributed by atoms with E-state index in [-0.39, 0.29) is 0 Å². The molecular weight excluding hydrogens is 342 g/mol. The molecule has 0 aliphatic rings. The van der Waals surface area contributed by atoms with Crippen LogP contribution in [0.3, 0.4) is 0 Å². The molecule has 1 nitrogen and oxygen atoms in total. The van der Waals surface area contributed by atoms with Crippen molar-refractivity contribution in [2.24, 2.45) is 4.99 Å². The molecule has 0 atom stereocenters. The molecule has 0 aliphatic carbocycles. The molecule has 0 saturated carbocycles. The van der Waals surface area contributed by atoms with Gasteiger partial charge in [0.1, 0.15) is 0 Å². The maximum absolute atomic E-state index is 4.36. The zero-order valence-electron chi connectivity index (χ0n) is 9.36. The van der Waals surface area contributed by atoms with Gasteiger partial charge >= 0.3 is 96.7 Å². The van der Waals surface area contributed by atoms with E-state index < -0.39 is 0 Å². The molecule has 0 unspecified atom stereocenters.